The molecule has 1 aliphatic rings. The molecule has 0 spiro atoms. The Morgan fingerprint density at radius 2 is 2.00 bits per heavy atom. The number of anilines is 1. The molecule has 11 nitrogen and oxygen atoms in total. The monoisotopic (exact) mass is 551 g/mol. The predicted octanol–water partition coefficient (Wildman–Crippen LogP) is 2.69. The molecule has 2 heterocycles. The minimum atomic E-state index is -4.09. The Labute approximate surface area is 219 Å². The molecule has 0 aliphatic carbocycles. The van der Waals surface area contributed by atoms with E-state index in [0.717, 1.165) is 4.57 Å². The second kappa shape index (κ2) is 12.1. The summed E-state index contributed by atoms with van der Waals surface area (Å²) in [6.07, 6.45) is -4.60. The number of aliphatic hydroxyl groups is 1. The third-order valence-electron chi connectivity index (χ3n) is 5.54. The Kier molecular flexibility index (Phi) is 9.33. The number of carbonyl (C=O) groups excluding carboxylic acids is 1. The third kappa shape index (κ3) is 6.79. The van der Waals surface area contributed by atoms with E-state index in [2.05, 4.69) is 16.8 Å². The summed E-state index contributed by atoms with van der Waals surface area (Å²) in [5, 5.41) is 10.8. The van der Waals surface area contributed by atoms with E-state index in [1.54, 1.807) is 44.2 Å². The summed E-state index contributed by atoms with van der Waals surface area (Å²) in [4.78, 5) is 28.3. The van der Waals surface area contributed by atoms with Crippen molar-refractivity contribution in [3.05, 3.63) is 53.1 Å². The Balaban J connectivity index is 1.86. The van der Waals surface area contributed by atoms with Crippen LogP contribution >= 0.6 is 7.60 Å². The van der Waals surface area contributed by atoms with E-state index < -0.39 is 55.9 Å². The standard InChI is InChI=1S/C25H31FN3O8P/c1-5-12-25(26)21(30)19(36-23(25)29-13-11-20(27)28-24(29)32)14-34-38(33,37-18-9-7-6-8-10-18)15-17(4)22(31)35-16(2)3/h6-11,13,16-17,19,21,23,30H,14-15H2,1-4H3,(H2,27,28,32)/t17-,19-,21+,23-,25?,38+/m1/s1. The van der Waals surface area contributed by atoms with Gasteiger partial charge >= 0.3 is 19.3 Å². The highest BCUT2D eigenvalue weighted by Crippen LogP contribution is 2.51. The number of nitrogens with zero attached hydrogens (tertiary/aromatic N) is 2. The number of rotatable bonds is 10. The molecule has 1 aromatic carbocycles. The largest absolute Gasteiger partial charge is 0.463 e. The van der Waals surface area contributed by atoms with Crippen LogP contribution in [0.15, 0.2) is 47.4 Å². The summed E-state index contributed by atoms with van der Waals surface area (Å²) < 4.78 is 52.7. The van der Waals surface area contributed by atoms with Crippen LogP contribution in [0.3, 0.4) is 0 Å². The Hall–Kier alpha value is -3.23. The number of nitrogen functional groups attached to an aromatic ring is 1. The summed E-state index contributed by atoms with van der Waals surface area (Å²) in [7, 11) is -4.09. The molecule has 0 bridgehead atoms. The summed E-state index contributed by atoms with van der Waals surface area (Å²) in [5.41, 5.74) is 1.87. The summed E-state index contributed by atoms with van der Waals surface area (Å²) >= 11 is 0. The van der Waals surface area contributed by atoms with Crippen LogP contribution in [0, 0.1) is 17.8 Å². The first-order valence-electron chi connectivity index (χ1n) is 11.9. The fourth-order valence-electron chi connectivity index (χ4n) is 3.79. The summed E-state index contributed by atoms with van der Waals surface area (Å²) in [5.74, 6) is 3.31. The van der Waals surface area contributed by atoms with Crippen molar-refractivity contribution < 1.29 is 37.4 Å². The maximum atomic E-state index is 16.0. The zero-order valence-electron chi connectivity index (χ0n) is 21.4. The van der Waals surface area contributed by atoms with Crippen LogP contribution in [0.5, 0.6) is 5.75 Å². The van der Waals surface area contributed by atoms with Crippen molar-refractivity contribution in [2.75, 3.05) is 18.5 Å². The maximum Gasteiger partial charge on any atom is 0.380 e. The number of ether oxygens (including phenoxy) is 2. The highest BCUT2D eigenvalue weighted by molar-refractivity contribution is 7.54. The van der Waals surface area contributed by atoms with Gasteiger partial charge in [0.2, 0.25) is 5.67 Å². The molecule has 6 atom stereocenters. The van der Waals surface area contributed by atoms with Gasteiger partial charge in [-0.3, -0.25) is 13.9 Å². The van der Waals surface area contributed by atoms with Crippen LogP contribution in [0.25, 0.3) is 0 Å². The number of hydrogen-bond donors (Lipinski definition) is 2. The van der Waals surface area contributed by atoms with Crippen molar-refractivity contribution >= 4 is 19.4 Å². The van der Waals surface area contributed by atoms with Crippen LogP contribution < -0.4 is 15.9 Å². The van der Waals surface area contributed by atoms with Crippen LogP contribution in [0.2, 0.25) is 0 Å². The van der Waals surface area contributed by atoms with Crippen LogP contribution in [-0.4, -0.2) is 57.4 Å². The predicted molar refractivity (Wildman–Crippen MR) is 136 cm³/mol. The molecule has 38 heavy (non-hydrogen) atoms. The maximum absolute atomic E-state index is 16.0. The van der Waals surface area contributed by atoms with Gasteiger partial charge in [-0.1, -0.05) is 31.0 Å². The van der Waals surface area contributed by atoms with Crippen molar-refractivity contribution in [3.8, 4) is 17.6 Å². The van der Waals surface area contributed by atoms with Gasteiger partial charge in [0.05, 0.1) is 24.8 Å². The molecule has 1 aromatic heterocycles. The fourth-order valence-corrected chi connectivity index (χ4v) is 5.66. The number of carbonyl (C=O) groups is 1. The van der Waals surface area contributed by atoms with E-state index in [0.29, 0.717) is 0 Å². The average Bonchev–Trinajstić information content (AvgIpc) is 3.08. The van der Waals surface area contributed by atoms with Crippen LogP contribution in [-0.2, 0) is 23.4 Å². The molecule has 2 aromatic rings. The molecule has 3 rings (SSSR count). The molecular weight excluding hydrogens is 520 g/mol. The number of benzene rings is 1. The van der Waals surface area contributed by atoms with Gasteiger partial charge < -0.3 is 24.8 Å². The van der Waals surface area contributed by atoms with Crippen molar-refractivity contribution in [3.63, 3.8) is 0 Å². The lowest BCUT2D eigenvalue weighted by molar-refractivity contribution is -0.151. The van der Waals surface area contributed by atoms with Crippen molar-refractivity contribution in [1.29, 1.82) is 0 Å². The van der Waals surface area contributed by atoms with E-state index in [9.17, 15) is 19.3 Å². The molecular formula is C25H31FN3O8P. The number of hydrogen-bond acceptors (Lipinski definition) is 10. The summed E-state index contributed by atoms with van der Waals surface area (Å²) in [6.45, 7) is 5.62. The van der Waals surface area contributed by atoms with Crippen molar-refractivity contribution in [2.45, 2.75) is 57.9 Å². The van der Waals surface area contributed by atoms with Crippen molar-refractivity contribution in [1.82, 2.24) is 9.55 Å². The van der Waals surface area contributed by atoms with Gasteiger partial charge in [-0.2, -0.15) is 4.98 Å². The zero-order valence-corrected chi connectivity index (χ0v) is 22.3. The highest BCUT2D eigenvalue weighted by Gasteiger charge is 2.58. The molecule has 1 saturated heterocycles. The number of esters is 1. The Bertz CT molecular complexity index is 1290. The van der Waals surface area contributed by atoms with E-state index in [4.69, 9.17) is 24.3 Å². The smallest absolute Gasteiger partial charge is 0.380 e. The number of alkyl halides is 1. The minimum absolute atomic E-state index is 0.0835. The van der Waals surface area contributed by atoms with E-state index in [-0.39, 0.29) is 23.8 Å². The second-order valence-electron chi connectivity index (χ2n) is 9.04. The third-order valence-corrected chi connectivity index (χ3v) is 7.57. The molecule has 1 aliphatic heterocycles. The first kappa shape index (κ1) is 29.3. The number of nitrogens with two attached hydrogens (primary N) is 1. The van der Waals surface area contributed by atoms with E-state index in [1.807, 2.05) is 0 Å². The number of halogens is 1. The van der Waals surface area contributed by atoms with Crippen LogP contribution in [0.1, 0.15) is 33.9 Å². The first-order chi connectivity index (χ1) is 17.9. The van der Waals surface area contributed by atoms with Gasteiger partial charge in [-0.05, 0) is 39.0 Å². The van der Waals surface area contributed by atoms with E-state index in [1.165, 1.54) is 26.1 Å². The van der Waals surface area contributed by atoms with Crippen molar-refractivity contribution in [2.24, 2.45) is 5.92 Å². The molecule has 1 unspecified atom stereocenters. The molecule has 206 valence electrons. The minimum Gasteiger partial charge on any atom is -0.463 e. The summed E-state index contributed by atoms with van der Waals surface area (Å²) in [6, 6.07) is 9.41. The van der Waals surface area contributed by atoms with Crippen LogP contribution in [0.4, 0.5) is 10.2 Å². The highest BCUT2D eigenvalue weighted by atomic mass is 31.2. The molecule has 1 fully saturated rings. The van der Waals surface area contributed by atoms with Gasteiger partial charge in [0.1, 0.15) is 23.8 Å². The van der Waals surface area contributed by atoms with Gasteiger partial charge in [-0.15, -0.1) is 5.92 Å². The second-order valence-corrected chi connectivity index (χ2v) is 11.1. The Morgan fingerprint density at radius 3 is 2.61 bits per heavy atom. The quantitative estimate of drug-likeness (QED) is 0.256. The Morgan fingerprint density at radius 1 is 1.32 bits per heavy atom. The lowest BCUT2D eigenvalue weighted by Crippen LogP contribution is -2.44. The molecule has 0 radical (unpaired) electrons. The normalized spacial score (nSPS) is 25.2. The van der Waals surface area contributed by atoms with Gasteiger partial charge in [0.15, 0.2) is 6.23 Å². The van der Waals surface area contributed by atoms with Gasteiger partial charge in [0, 0.05) is 6.20 Å². The number of aliphatic hydroxyl groups excluding tert-OH is 1. The molecule has 0 saturated carbocycles. The lowest BCUT2D eigenvalue weighted by atomic mass is 9.96. The number of para-hydroxylation sites is 1. The lowest BCUT2D eigenvalue weighted by Gasteiger charge is -2.25. The van der Waals surface area contributed by atoms with Gasteiger partial charge in [-0.25, -0.2) is 13.8 Å². The zero-order chi connectivity index (χ0) is 28.1. The number of aromatic nitrogens is 2. The SMILES string of the molecule is CC#CC1(F)[C@@H](O)[C@@H](CO[P@@](=O)(C[C@@H](C)C(=O)OC(C)C)Oc2ccccc2)O[C@H]1n1ccc(N)nc1=O. The molecule has 3 N–H and O–H groups in total. The first-order valence-corrected chi connectivity index (χ1v) is 13.6. The fraction of sp³-hybridized carbons (Fsp3) is 0.480. The average molecular weight is 552 g/mol. The molecule has 0 amide bonds. The van der Waals surface area contributed by atoms with Gasteiger partial charge in [0.25, 0.3) is 0 Å². The molecule has 13 heteroatoms. The van der Waals surface area contributed by atoms with E-state index >= 15 is 4.39 Å². The topological polar surface area (TPSA) is 152 Å².